The summed E-state index contributed by atoms with van der Waals surface area (Å²) in [7, 11) is 2.91. The Morgan fingerprint density at radius 3 is 2.55 bits per heavy atom. The van der Waals surface area contributed by atoms with Crippen LogP contribution in [-0.4, -0.2) is 51.6 Å². The van der Waals surface area contributed by atoms with Gasteiger partial charge in [-0.15, -0.1) is 0 Å². The van der Waals surface area contributed by atoms with Crippen LogP contribution in [0, 0.1) is 11.8 Å². The van der Waals surface area contributed by atoms with Crippen LogP contribution in [-0.2, 0) is 28.5 Å². The Morgan fingerprint density at radius 1 is 1.25 bits per heavy atom. The molecule has 0 radical (unpaired) electrons. The molecule has 1 saturated carbocycles. The Bertz CT molecular complexity index is 350. The van der Waals surface area contributed by atoms with Gasteiger partial charge in [-0.25, -0.2) is 0 Å². The van der Waals surface area contributed by atoms with E-state index in [9.17, 15) is 9.59 Å². The van der Waals surface area contributed by atoms with Crippen molar-refractivity contribution in [3.63, 3.8) is 0 Å². The molecule has 0 aromatic rings. The van der Waals surface area contributed by atoms with Gasteiger partial charge in [0.25, 0.3) is 0 Å². The van der Waals surface area contributed by atoms with Gasteiger partial charge in [0.1, 0.15) is 11.7 Å². The van der Waals surface area contributed by atoms with Crippen LogP contribution in [0.25, 0.3) is 0 Å². The standard InChI is InChI=1S/C14H22O6/c1-17-10-7-9(3-4-12-19-5-6-20-12)13(11(15)8-10)14(16)18-2/h9-10,12-13H,3-8H2,1-2H3. The highest BCUT2D eigenvalue weighted by molar-refractivity contribution is 6.00. The summed E-state index contributed by atoms with van der Waals surface area (Å²) in [4.78, 5) is 24.0. The van der Waals surface area contributed by atoms with Crippen molar-refractivity contribution in [2.24, 2.45) is 11.8 Å². The zero-order valence-corrected chi connectivity index (χ0v) is 12.0. The SMILES string of the molecule is COC(=O)C1C(=O)CC(OC)CC1CCC1OCCO1. The molecule has 0 N–H and O–H groups in total. The molecule has 2 aliphatic rings. The van der Waals surface area contributed by atoms with Crippen LogP contribution in [0.15, 0.2) is 0 Å². The molecule has 0 aromatic carbocycles. The summed E-state index contributed by atoms with van der Waals surface area (Å²) in [6, 6.07) is 0. The van der Waals surface area contributed by atoms with Gasteiger partial charge in [-0.05, 0) is 25.2 Å². The number of methoxy groups -OCH3 is 2. The van der Waals surface area contributed by atoms with E-state index in [-0.39, 0.29) is 30.5 Å². The number of carbonyl (C=O) groups excluding carboxylic acids is 2. The molecule has 0 bridgehead atoms. The summed E-state index contributed by atoms with van der Waals surface area (Å²) < 4.78 is 20.8. The molecule has 1 saturated heterocycles. The van der Waals surface area contributed by atoms with E-state index in [1.807, 2.05) is 0 Å². The van der Waals surface area contributed by atoms with Gasteiger partial charge in [0.2, 0.25) is 0 Å². The van der Waals surface area contributed by atoms with Gasteiger partial charge < -0.3 is 18.9 Å². The summed E-state index contributed by atoms with van der Waals surface area (Å²) >= 11 is 0. The normalized spacial score (nSPS) is 31.5. The van der Waals surface area contributed by atoms with Crippen LogP contribution in [0.3, 0.4) is 0 Å². The molecule has 6 nitrogen and oxygen atoms in total. The lowest BCUT2D eigenvalue weighted by molar-refractivity contribution is -0.156. The third-order valence-electron chi connectivity index (χ3n) is 4.07. The second-order valence-electron chi connectivity index (χ2n) is 5.27. The Balaban J connectivity index is 1.98. The van der Waals surface area contributed by atoms with Crippen LogP contribution in [0.5, 0.6) is 0 Å². The molecule has 1 heterocycles. The average Bonchev–Trinajstić information content (AvgIpc) is 2.97. The summed E-state index contributed by atoms with van der Waals surface area (Å²) in [5, 5.41) is 0. The highest BCUT2D eigenvalue weighted by Crippen LogP contribution is 2.34. The highest BCUT2D eigenvalue weighted by atomic mass is 16.7. The smallest absolute Gasteiger partial charge is 0.316 e. The van der Waals surface area contributed by atoms with E-state index in [2.05, 4.69) is 0 Å². The van der Waals surface area contributed by atoms with Gasteiger partial charge in [0.05, 0.1) is 26.4 Å². The molecule has 3 atom stereocenters. The lowest BCUT2D eigenvalue weighted by atomic mass is 9.74. The molecule has 0 aromatic heterocycles. The van der Waals surface area contributed by atoms with Crippen molar-refractivity contribution in [1.29, 1.82) is 0 Å². The first-order chi connectivity index (χ1) is 9.65. The minimum atomic E-state index is -0.673. The molecule has 20 heavy (non-hydrogen) atoms. The van der Waals surface area contributed by atoms with Crippen LogP contribution >= 0.6 is 0 Å². The fourth-order valence-corrected chi connectivity index (χ4v) is 3.01. The summed E-state index contributed by atoms with van der Waals surface area (Å²) in [5.41, 5.74) is 0. The number of rotatable bonds is 5. The zero-order chi connectivity index (χ0) is 14.5. The van der Waals surface area contributed by atoms with Gasteiger partial charge in [-0.3, -0.25) is 9.59 Å². The van der Waals surface area contributed by atoms with Crippen molar-refractivity contribution in [3.8, 4) is 0 Å². The third kappa shape index (κ3) is 3.56. The Hall–Kier alpha value is -0.980. The van der Waals surface area contributed by atoms with E-state index in [0.29, 0.717) is 32.5 Å². The molecule has 1 aliphatic heterocycles. The van der Waals surface area contributed by atoms with Crippen molar-refractivity contribution >= 4 is 11.8 Å². The fraction of sp³-hybridized carbons (Fsp3) is 0.857. The van der Waals surface area contributed by atoms with E-state index < -0.39 is 11.9 Å². The van der Waals surface area contributed by atoms with Gasteiger partial charge in [0.15, 0.2) is 6.29 Å². The van der Waals surface area contributed by atoms with Crippen molar-refractivity contribution < 1.29 is 28.5 Å². The van der Waals surface area contributed by atoms with Gasteiger partial charge in [-0.2, -0.15) is 0 Å². The topological polar surface area (TPSA) is 71.1 Å². The number of ether oxygens (including phenoxy) is 4. The summed E-state index contributed by atoms with van der Waals surface area (Å²) in [6.45, 7) is 1.21. The second kappa shape index (κ2) is 7.15. The van der Waals surface area contributed by atoms with E-state index in [0.717, 1.165) is 0 Å². The van der Waals surface area contributed by atoms with E-state index in [1.165, 1.54) is 7.11 Å². The predicted molar refractivity (Wildman–Crippen MR) is 69.0 cm³/mol. The molecule has 0 spiro atoms. The number of hydrogen-bond acceptors (Lipinski definition) is 6. The predicted octanol–water partition coefficient (Wildman–Crippen LogP) is 0.923. The Labute approximate surface area is 118 Å². The number of hydrogen-bond donors (Lipinski definition) is 0. The maximum Gasteiger partial charge on any atom is 0.316 e. The molecule has 3 unspecified atom stereocenters. The maximum atomic E-state index is 12.1. The van der Waals surface area contributed by atoms with Crippen LogP contribution in [0.2, 0.25) is 0 Å². The second-order valence-corrected chi connectivity index (χ2v) is 5.27. The minimum absolute atomic E-state index is 0.0681. The highest BCUT2D eigenvalue weighted by Gasteiger charge is 2.42. The van der Waals surface area contributed by atoms with E-state index in [4.69, 9.17) is 18.9 Å². The van der Waals surface area contributed by atoms with Crippen LogP contribution in [0.4, 0.5) is 0 Å². The number of Topliss-reactive ketones (excluding diaryl/α,β-unsaturated/α-hetero) is 1. The number of esters is 1. The lowest BCUT2D eigenvalue weighted by Gasteiger charge is -2.33. The Morgan fingerprint density at radius 2 is 1.95 bits per heavy atom. The fourth-order valence-electron chi connectivity index (χ4n) is 3.01. The molecular formula is C14H22O6. The zero-order valence-electron chi connectivity index (χ0n) is 12.0. The van der Waals surface area contributed by atoms with E-state index >= 15 is 0 Å². The molecular weight excluding hydrogens is 264 g/mol. The lowest BCUT2D eigenvalue weighted by Crippen LogP contribution is -2.41. The largest absolute Gasteiger partial charge is 0.468 e. The maximum absolute atomic E-state index is 12.1. The first-order valence-corrected chi connectivity index (χ1v) is 7.02. The summed E-state index contributed by atoms with van der Waals surface area (Å²) in [5.74, 6) is -1.27. The minimum Gasteiger partial charge on any atom is -0.468 e. The van der Waals surface area contributed by atoms with Gasteiger partial charge in [0, 0.05) is 13.5 Å². The van der Waals surface area contributed by atoms with Crippen LogP contribution < -0.4 is 0 Å². The number of ketones is 1. The van der Waals surface area contributed by atoms with Crippen LogP contribution in [0.1, 0.15) is 25.7 Å². The molecule has 2 fully saturated rings. The first kappa shape index (κ1) is 15.4. The van der Waals surface area contributed by atoms with Gasteiger partial charge in [-0.1, -0.05) is 0 Å². The van der Waals surface area contributed by atoms with Crippen molar-refractivity contribution in [3.05, 3.63) is 0 Å². The monoisotopic (exact) mass is 286 g/mol. The molecule has 0 amide bonds. The van der Waals surface area contributed by atoms with Crippen molar-refractivity contribution in [2.75, 3.05) is 27.4 Å². The molecule has 1 aliphatic carbocycles. The molecule has 2 rings (SSSR count). The average molecular weight is 286 g/mol. The molecule has 6 heteroatoms. The molecule has 114 valence electrons. The third-order valence-corrected chi connectivity index (χ3v) is 4.07. The number of carbonyl (C=O) groups is 2. The van der Waals surface area contributed by atoms with E-state index in [1.54, 1.807) is 7.11 Å². The Kier molecular flexibility index (Phi) is 5.51. The first-order valence-electron chi connectivity index (χ1n) is 7.02. The van der Waals surface area contributed by atoms with Crippen molar-refractivity contribution in [2.45, 2.75) is 38.1 Å². The van der Waals surface area contributed by atoms with Crippen molar-refractivity contribution in [1.82, 2.24) is 0 Å². The summed E-state index contributed by atoms with van der Waals surface area (Å²) in [6.07, 6.45) is 2.01. The quantitative estimate of drug-likeness (QED) is 0.553. The van der Waals surface area contributed by atoms with Gasteiger partial charge >= 0.3 is 5.97 Å².